The number of halogens is 2. The molecule has 0 aromatic heterocycles. The van der Waals surface area contributed by atoms with Crippen molar-refractivity contribution in [1.29, 1.82) is 0 Å². The number of hydrogen-bond acceptors (Lipinski definition) is 2. The Bertz CT molecular complexity index is 601. The molecule has 92 valence electrons. The lowest BCUT2D eigenvalue weighted by molar-refractivity contribution is 0.0698. The summed E-state index contributed by atoms with van der Waals surface area (Å²) < 4.78 is 13.8. The van der Waals surface area contributed by atoms with Crippen LogP contribution in [0.25, 0.3) is 0 Å². The fourth-order valence-corrected chi connectivity index (χ4v) is 1.86. The van der Waals surface area contributed by atoms with E-state index in [2.05, 4.69) is 21.2 Å². The number of anilines is 2. The first kappa shape index (κ1) is 12.6. The SMILES string of the molecule is O=C(O)c1ccccc1Nc1cc(F)ccc1Br. The maximum absolute atomic E-state index is 13.1. The van der Waals surface area contributed by atoms with Crippen molar-refractivity contribution in [3.05, 3.63) is 58.3 Å². The highest BCUT2D eigenvalue weighted by Gasteiger charge is 2.10. The Balaban J connectivity index is 2.40. The summed E-state index contributed by atoms with van der Waals surface area (Å²) >= 11 is 3.27. The van der Waals surface area contributed by atoms with E-state index in [0.717, 1.165) is 0 Å². The summed E-state index contributed by atoms with van der Waals surface area (Å²) in [6.07, 6.45) is 0. The fourth-order valence-electron chi connectivity index (χ4n) is 1.52. The summed E-state index contributed by atoms with van der Waals surface area (Å²) in [6, 6.07) is 10.6. The molecular weight excluding hydrogens is 301 g/mol. The standard InChI is InChI=1S/C13H9BrFNO2/c14-10-6-5-8(15)7-12(10)16-11-4-2-1-3-9(11)13(17)18/h1-7,16H,(H,17,18). The van der Waals surface area contributed by atoms with Crippen LogP contribution < -0.4 is 5.32 Å². The van der Waals surface area contributed by atoms with Crippen molar-refractivity contribution in [3.63, 3.8) is 0 Å². The second kappa shape index (κ2) is 5.18. The fraction of sp³-hybridized carbons (Fsp3) is 0. The minimum atomic E-state index is -1.04. The lowest BCUT2D eigenvalue weighted by Gasteiger charge is -2.11. The van der Waals surface area contributed by atoms with Crippen LogP contribution in [-0.4, -0.2) is 11.1 Å². The number of rotatable bonds is 3. The van der Waals surface area contributed by atoms with Crippen molar-refractivity contribution in [1.82, 2.24) is 0 Å². The Morgan fingerprint density at radius 2 is 1.89 bits per heavy atom. The first-order valence-corrected chi connectivity index (χ1v) is 5.91. The van der Waals surface area contributed by atoms with E-state index < -0.39 is 11.8 Å². The van der Waals surface area contributed by atoms with Gasteiger partial charge in [0.1, 0.15) is 5.82 Å². The minimum absolute atomic E-state index is 0.133. The largest absolute Gasteiger partial charge is 0.478 e. The Labute approximate surface area is 111 Å². The molecule has 0 radical (unpaired) electrons. The molecule has 0 saturated heterocycles. The Kier molecular flexibility index (Phi) is 3.62. The minimum Gasteiger partial charge on any atom is -0.478 e. The molecule has 2 aromatic carbocycles. The lowest BCUT2D eigenvalue weighted by atomic mass is 10.1. The van der Waals surface area contributed by atoms with E-state index in [4.69, 9.17) is 5.11 Å². The molecule has 0 fully saturated rings. The number of para-hydroxylation sites is 1. The van der Waals surface area contributed by atoms with Gasteiger partial charge in [-0.2, -0.15) is 0 Å². The average Bonchev–Trinajstić information content (AvgIpc) is 2.34. The van der Waals surface area contributed by atoms with Gasteiger partial charge >= 0.3 is 5.97 Å². The van der Waals surface area contributed by atoms with Crippen molar-refractivity contribution in [3.8, 4) is 0 Å². The molecule has 0 aliphatic heterocycles. The second-order valence-electron chi connectivity index (χ2n) is 3.60. The first-order valence-electron chi connectivity index (χ1n) is 5.12. The van der Waals surface area contributed by atoms with Crippen LogP contribution in [0.3, 0.4) is 0 Å². The second-order valence-corrected chi connectivity index (χ2v) is 4.45. The summed E-state index contributed by atoms with van der Waals surface area (Å²) in [4.78, 5) is 11.0. The number of carboxylic acids is 1. The zero-order valence-corrected chi connectivity index (χ0v) is 10.7. The van der Waals surface area contributed by atoms with Gasteiger partial charge in [0, 0.05) is 4.47 Å². The van der Waals surface area contributed by atoms with Gasteiger partial charge in [-0.1, -0.05) is 12.1 Å². The zero-order valence-electron chi connectivity index (χ0n) is 9.15. The van der Waals surface area contributed by atoms with Crippen LogP contribution in [0.5, 0.6) is 0 Å². The van der Waals surface area contributed by atoms with Gasteiger partial charge in [-0.05, 0) is 46.3 Å². The monoisotopic (exact) mass is 309 g/mol. The predicted molar refractivity (Wildman–Crippen MR) is 70.8 cm³/mol. The predicted octanol–water partition coefficient (Wildman–Crippen LogP) is 4.03. The Morgan fingerprint density at radius 1 is 1.17 bits per heavy atom. The van der Waals surface area contributed by atoms with E-state index in [1.54, 1.807) is 24.3 Å². The van der Waals surface area contributed by atoms with Crippen LogP contribution in [-0.2, 0) is 0 Å². The molecule has 0 amide bonds. The normalized spacial score (nSPS) is 10.1. The van der Waals surface area contributed by atoms with Gasteiger partial charge < -0.3 is 10.4 Å². The van der Waals surface area contributed by atoms with Crippen LogP contribution in [0.1, 0.15) is 10.4 Å². The Morgan fingerprint density at radius 3 is 2.61 bits per heavy atom. The van der Waals surface area contributed by atoms with E-state index in [1.807, 2.05) is 0 Å². The highest BCUT2D eigenvalue weighted by Crippen LogP contribution is 2.28. The van der Waals surface area contributed by atoms with Gasteiger partial charge in [-0.25, -0.2) is 9.18 Å². The van der Waals surface area contributed by atoms with E-state index >= 15 is 0 Å². The molecule has 0 atom stereocenters. The highest BCUT2D eigenvalue weighted by atomic mass is 79.9. The number of nitrogens with one attached hydrogen (secondary N) is 1. The molecule has 2 N–H and O–H groups in total. The molecule has 0 spiro atoms. The number of carbonyl (C=O) groups is 1. The summed E-state index contributed by atoms with van der Waals surface area (Å²) in [5, 5.41) is 11.9. The summed E-state index contributed by atoms with van der Waals surface area (Å²) in [6.45, 7) is 0. The van der Waals surface area contributed by atoms with E-state index in [9.17, 15) is 9.18 Å². The molecule has 3 nitrogen and oxygen atoms in total. The molecule has 2 aromatic rings. The number of benzene rings is 2. The van der Waals surface area contributed by atoms with Crippen LogP contribution in [0.15, 0.2) is 46.9 Å². The summed E-state index contributed by atoms with van der Waals surface area (Å²) in [7, 11) is 0. The van der Waals surface area contributed by atoms with Crippen LogP contribution in [0, 0.1) is 5.82 Å². The van der Waals surface area contributed by atoms with Gasteiger partial charge in [0.05, 0.1) is 16.9 Å². The van der Waals surface area contributed by atoms with E-state index in [1.165, 1.54) is 18.2 Å². The maximum Gasteiger partial charge on any atom is 0.337 e. The van der Waals surface area contributed by atoms with Crippen molar-refractivity contribution in [2.24, 2.45) is 0 Å². The third kappa shape index (κ3) is 2.68. The molecule has 0 bridgehead atoms. The number of hydrogen-bond donors (Lipinski definition) is 2. The number of aromatic carboxylic acids is 1. The van der Waals surface area contributed by atoms with Gasteiger partial charge in [0.15, 0.2) is 0 Å². The quantitative estimate of drug-likeness (QED) is 0.900. The maximum atomic E-state index is 13.1. The van der Waals surface area contributed by atoms with Gasteiger partial charge in [0.25, 0.3) is 0 Å². The third-order valence-corrected chi connectivity index (χ3v) is 3.05. The van der Waals surface area contributed by atoms with E-state index in [0.29, 0.717) is 15.8 Å². The zero-order chi connectivity index (χ0) is 13.1. The summed E-state index contributed by atoms with van der Waals surface area (Å²) in [5.41, 5.74) is 1.02. The number of carboxylic acid groups (broad SMARTS) is 1. The molecule has 0 unspecified atom stereocenters. The van der Waals surface area contributed by atoms with Crippen LogP contribution in [0.2, 0.25) is 0 Å². The molecule has 2 rings (SSSR count). The average molecular weight is 310 g/mol. The Hall–Kier alpha value is -1.88. The van der Waals surface area contributed by atoms with Crippen LogP contribution >= 0.6 is 15.9 Å². The molecule has 0 heterocycles. The van der Waals surface area contributed by atoms with Gasteiger partial charge in [-0.3, -0.25) is 0 Å². The topological polar surface area (TPSA) is 49.3 Å². The first-order chi connectivity index (χ1) is 8.58. The van der Waals surface area contributed by atoms with Crippen molar-refractivity contribution >= 4 is 33.3 Å². The smallest absolute Gasteiger partial charge is 0.337 e. The molecular formula is C13H9BrFNO2. The highest BCUT2D eigenvalue weighted by molar-refractivity contribution is 9.10. The van der Waals surface area contributed by atoms with Crippen molar-refractivity contribution in [2.45, 2.75) is 0 Å². The van der Waals surface area contributed by atoms with Gasteiger partial charge in [-0.15, -0.1) is 0 Å². The lowest BCUT2D eigenvalue weighted by Crippen LogP contribution is -2.02. The van der Waals surface area contributed by atoms with Crippen molar-refractivity contribution in [2.75, 3.05) is 5.32 Å². The van der Waals surface area contributed by atoms with Crippen molar-refractivity contribution < 1.29 is 14.3 Å². The molecule has 0 aliphatic rings. The summed E-state index contributed by atoms with van der Waals surface area (Å²) in [5.74, 6) is -1.43. The molecule has 0 saturated carbocycles. The molecule has 5 heteroatoms. The van der Waals surface area contributed by atoms with E-state index in [-0.39, 0.29) is 5.56 Å². The van der Waals surface area contributed by atoms with Gasteiger partial charge in [0.2, 0.25) is 0 Å². The molecule has 0 aliphatic carbocycles. The molecule has 18 heavy (non-hydrogen) atoms. The third-order valence-electron chi connectivity index (χ3n) is 2.36. The van der Waals surface area contributed by atoms with Crippen LogP contribution in [0.4, 0.5) is 15.8 Å².